The van der Waals surface area contributed by atoms with Crippen LogP contribution in [-0.4, -0.2) is 43.8 Å². The lowest BCUT2D eigenvalue weighted by atomic mass is 9.72. The fourth-order valence-electron chi connectivity index (χ4n) is 4.85. The Morgan fingerprint density at radius 3 is 1.64 bits per heavy atom. The van der Waals surface area contributed by atoms with Crippen LogP contribution in [0.5, 0.6) is 0 Å². The monoisotopic (exact) mass is 398 g/mol. The molecule has 5 unspecified atom stereocenters. The quantitative estimate of drug-likeness (QED) is 0.532. The maximum absolute atomic E-state index is 9.95. The molecule has 0 spiro atoms. The van der Waals surface area contributed by atoms with Crippen LogP contribution in [0, 0.1) is 28.6 Å². The average Bonchev–Trinajstić information content (AvgIpc) is 2.76. The lowest BCUT2D eigenvalue weighted by molar-refractivity contribution is -0.00472. The molecule has 1 saturated carbocycles. The summed E-state index contributed by atoms with van der Waals surface area (Å²) in [5.41, 5.74) is -0.0213. The molecule has 4 nitrogen and oxygen atoms in total. The maximum Gasteiger partial charge on any atom is 0.0761 e. The topological polar surface area (TPSA) is 80.9 Å². The van der Waals surface area contributed by atoms with Crippen molar-refractivity contribution in [1.29, 1.82) is 0 Å². The van der Waals surface area contributed by atoms with E-state index >= 15 is 0 Å². The second-order valence-electron chi connectivity index (χ2n) is 11.8. The van der Waals surface area contributed by atoms with E-state index in [1.54, 1.807) is 13.8 Å². The highest BCUT2D eigenvalue weighted by molar-refractivity contribution is 5.22. The van der Waals surface area contributed by atoms with Gasteiger partial charge in [0, 0.05) is 0 Å². The molecular weight excluding hydrogens is 352 g/mol. The van der Waals surface area contributed by atoms with Gasteiger partial charge in [0.05, 0.1) is 23.4 Å². The van der Waals surface area contributed by atoms with Gasteiger partial charge in [0.15, 0.2) is 0 Å². The number of hydrogen-bond acceptors (Lipinski definition) is 4. The molecule has 2 aliphatic rings. The molecule has 28 heavy (non-hydrogen) atoms. The lowest BCUT2D eigenvalue weighted by Crippen LogP contribution is -2.35. The van der Waals surface area contributed by atoms with E-state index < -0.39 is 17.3 Å². The van der Waals surface area contributed by atoms with E-state index in [9.17, 15) is 20.4 Å². The second kappa shape index (κ2) is 8.37. The molecule has 2 aliphatic carbocycles. The van der Waals surface area contributed by atoms with E-state index in [-0.39, 0.29) is 28.8 Å². The molecule has 0 saturated heterocycles. The van der Waals surface area contributed by atoms with Crippen LogP contribution in [-0.2, 0) is 0 Å². The molecule has 5 atom stereocenters. The summed E-state index contributed by atoms with van der Waals surface area (Å²) in [5.74, 6) is 0.879. The minimum absolute atomic E-state index is 0.000579. The Labute approximate surface area is 173 Å². The highest BCUT2D eigenvalue weighted by atomic mass is 16.3. The van der Waals surface area contributed by atoms with Crippen molar-refractivity contribution in [2.45, 2.75) is 112 Å². The van der Waals surface area contributed by atoms with Crippen molar-refractivity contribution in [2.75, 3.05) is 0 Å². The zero-order chi connectivity index (χ0) is 22.3. The molecule has 0 aromatic heterocycles. The second-order valence-corrected chi connectivity index (χ2v) is 11.8. The average molecular weight is 399 g/mol. The molecule has 4 N–H and O–H groups in total. The Kier molecular flexibility index (Phi) is 7.66. The van der Waals surface area contributed by atoms with Gasteiger partial charge in [0.25, 0.3) is 0 Å². The van der Waals surface area contributed by atoms with Crippen molar-refractivity contribution >= 4 is 0 Å². The standard InChI is InChI=1S/C12H24O2.C12H22O2/c2*1-8-6-10(13)9(12(8,4)5)7-11(2,3)14/h8-10,13-14H,6-7H2,1-5H3;6,9-10,13-14H,7H2,1-5H3. The Balaban J connectivity index is 0.000000280. The molecule has 0 radical (unpaired) electrons. The highest BCUT2D eigenvalue weighted by Crippen LogP contribution is 2.50. The van der Waals surface area contributed by atoms with Crippen LogP contribution in [0.1, 0.15) is 88.5 Å². The summed E-state index contributed by atoms with van der Waals surface area (Å²) in [6, 6.07) is 0. The van der Waals surface area contributed by atoms with Crippen LogP contribution in [0.3, 0.4) is 0 Å². The van der Waals surface area contributed by atoms with E-state index in [4.69, 9.17) is 0 Å². The predicted octanol–water partition coefficient (Wildman–Crippen LogP) is 4.30. The summed E-state index contributed by atoms with van der Waals surface area (Å²) in [4.78, 5) is 0. The normalized spacial score (nSPS) is 34.6. The first-order valence-corrected chi connectivity index (χ1v) is 10.8. The van der Waals surface area contributed by atoms with Crippen molar-refractivity contribution in [3.63, 3.8) is 0 Å². The smallest absolute Gasteiger partial charge is 0.0761 e. The first-order chi connectivity index (χ1) is 12.3. The minimum atomic E-state index is -0.707. The lowest BCUT2D eigenvalue weighted by Gasteiger charge is -2.35. The first-order valence-electron chi connectivity index (χ1n) is 10.8. The largest absolute Gasteiger partial charge is 0.393 e. The van der Waals surface area contributed by atoms with Crippen molar-refractivity contribution in [3.8, 4) is 0 Å². The van der Waals surface area contributed by atoms with Gasteiger partial charge >= 0.3 is 0 Å². The molecule has 0 aromatic carbocycles. The Morgan fingerprint density at radius 1 is 0.929 bits per heavy atom. The zero-order valence-electron chi connectivity index (χ0n) is 19.9. The van der Waals surface area contributed by atoms with Gasteiger partial charge < -0.3 is 20.4 Å². The van der Waals surface area contributed by atoms with Gasteiger partial charge in [-0.25, -0.2) is 0 Å². The molecular formula is C24H46O4. The van der Waals surface area contributed by atoms with Crippen molar-refractivity contribution in [2.24, 2.45) is 28.6 Å². The van der Waals surface area contributed by atoms with Crippen LogP contribution in [0.25, 0.3) is 0 Å². The Morgan fingerprint density at radius 2 is 1.36 bits per heavy atom. The number of aliphatic hydroxyl groups excluding tert-OH is 2. The molecule has 2 rings (SSSR count). The van der Waals surface area contributed by atoms with Crippen LogP contribution in [0.2, 0.25) is 0 Å². The van der Waals surface area contributed by atoms with E-state index in [1.807, 2.05) is 26.8 Å². The fourth-order valence-corrected chi connectivity index (χ4v) is 4.85. The van der Waals surface area contributed by atoms with Gasteiger partial charge in [-0.15, -0.1) is 0 Å². The van der Waals surface area contributed by atoms with Crippen molar-refractivity contribution in [3.05, 3.63) is 11.6 Å². The van der Waals surface area contributed by atoms with Crippen molar-refractivity contribution < 1.29 is 20.4 Å². The molecule has 0 amide bonds. The summed E-state index contributed by atoms with van der Waals surface area (Å²) in [6.45, 7) is 20.1. The van der Waals surface area contributed by atoms with E-state index in [1.165, 1.54) is 5.57 Å². The number of aliphatic hydroxyl groups is 4. The Hall–Kier alpha value is -0.420. The van der Waals surface area contributed by atoms with Crippen LogP contribution >= 0.6 is 0 Å². The predicted molar refractivity (Wildman–Crippen MR) is 116 cm³/mol. The maximum atomic E-state index is 9.95. The van der Waals surface area contributed by atoms with Crippen molar-refractivity contribution in [1.82, 2.24) is 0 Å². The Bertz CT molecular complexity index is 534. The molecule has 0 aromatic rings. The number of hydrogen-bond donors (Lipinski definition) is 4. The summed E-state index contributed by atoms with van der Waals surface area (Å²) < 4.78 is 0. The third-order valence-corrected chi connectivity index (χ3v) is 7.50. The van der Waals surface area contributed by atoms with Gasteiger partial charge in [-0.3, -0.25) is 0 Å². The molecule has 1 fully saturated rings. The molecule has 0 heterocycles. The summed E-state index contributed by atoms with van der Waals surface area (Å²) in [5, 5.41) is 39.4. The van der Waals surface area contributed by atoms with Gasteiger partial charge in [-0.05, 0) is 82.5 Å². The third-order valence-electron chi connectivity index (χ3n) is 7.50. The molecule has 0 bridgehead atoms. The molecule has 0 aliphatic heterocycles. The zero-order valence-corrected chi connectivity index (χ0v) is 19.9. The molecule has 4 heteroatoms. The first kappa shape index (κ1) is 25.6. The van der Waals surface area contributed by atoms with E-state index in [0.29, 0.717) is 18.8 Å². The highest BCUT2D eigenvalue weighted by Gasteiger charge is 2.47. The summed E-state index contributed by atoms with van der Waals surface area (Å²) in [7, 11) is 0. The SMILES string of the molecule is CC1=CC(O)C(CC(C)(C)O)C1(C)C.CC1CC(O)C(CC(C)(C)O)C1(C)C. The minimum Gasteiger partial charge on any atom is -0.393 e. The van der Waals surface area contributed by atoms with Gasteiger partial charge in [-0.2, -0.15) is 0 Å². The van der Waals surface area contributed by atoms with Gasteiger partial charge in [0.2, 0.25) is 0 Å². The third kappa shape index (κ3) is 6.29. The fraction of sp³-hybridized carbons (Fsp3) is 0.917. The van der Waals surface area contributed by atoms with Gasteiger partial charge in [-0.1, -0.05) is 46.3 Å². The van der Waals surface area contributed by atoms with Crippen LogP contribution in [0.4, 0.5) is 0 Å². The van der Waals surface area contributed by atoms with E-state index in [0.717, 1.165) is 6.42 Å². The van der Waals surface area contributed by atoms with E-state index in [2.05, 4.69) is 34.6 Å². The number of rotatable bonds is 4. The van der Waals surface area contributed by atoms with Crippen LogP contribution < -0.4 is 0 Å². The summed E-state index contributed by atoms with van der Waals surface area (Å²) in [6.07, 6.45) is 3.45. The summed E-state index contributed by atoms with van der Waals surface area (Å²) >= 11 is 0. The van der Waals surface area contributed by atoms with Crippen LogP contribution in [0.15, 0.2) is 11.6 Å². The molecule has 166 valence electrons. The number of allylic oxidation sites excluding steroid dienone is 1. The van der Waals surface area contributed by atoms with Gasteiger partial charge in [0.1, 0.15) is 0 Å².